The van der Waals surface area contributed by atoms with Gasteiger partial charge in [0.05, 0.1) is 30.6 Å². The average molecular weight is 683 g/mol. The lowest BCUT2D eigenvalue weighted by atomic mass is 10.0. The predicted molar refractivity (Wildman–Crippen MR) is 203 cm³/mol. The number of ketones is 1. The Morgan fingerprint density at radius 2 is 1.40 bits per heavy atom. The molecule has 2 N–H and O–H groups in total. The minimum Gasteiger partial charge on any atom is -0.495 e. The number of ether oxygens (including phenoxy) is 2. The van der Waals surface area contributed by atoms with E-state index in [4.69, 9.17) is 9.47 Å². The molecule has 0 saturated heterocycles. The Hall–Kier alpha value is -3.00. The lowest BCUT2D eigenvalue weighted by molar-refractivity contribution is -0.126. The molecule has 0 saturated carbocycles. The number of methoxy groups -OCH3 is 1. The van der Waals surface area contributed by atoms with Crippen LogP contribution >= 0.6 is 11.8 Å². The summed E-state index contributed by atoms with van der Waals surface area (Å²) in [4.78, 5) is 37.9. The molecule has 0 atom stereocenters. The first kappa shape index (κ1) is 41.2. The van der Waals surface area contributed by atoms with Gasteiger partial charge in [0.2, 0.25) is 11.8 Å². The van der Waals surface area contributed by atoms with Gasteiger partial charge in [-0.1, -0.05) is 103 Å². The first-order chi connectivity index (χ1) is 23.2. The molecule has 0 fully saturated rings. The summed E-state index contributed by atoms with van der Waals surface area (Å²) in [6.07, 6.45) is 19.4. The lowest BCUT2D eigenvalue weighted by Crippen LogP contribution is -2.31. The molecule has 0 aromatic heterocycles. The summed E-state index contributed by atoms with van der Waals surface area (Å²) in [6, 6.07) is 13.3. The van der Waals surface area contributed by atoms with Crippen molar-refractivity contribution in [3.05, 3.63) is 48.0 Å². The van der Waals surface area contributed by atoms with Crippen molar-refractivity contribution in [2.75, 3.05) is 30.1 Å². The first-order valence-corrected chi connectivity index (χ1v) is 19.3. The summed E-state index contributed by atoms with van der Waals surface area (Å²) in [6.45, 7) is 8.36. The molecule has 0 spiro atoms. The van der Waals surface area contributed by atoms with Crippen molar-refractivity contribution in [3.63, 3.8) is 0 Å². The number of carbonyl (C=O) groups excluding carboxylic acids is 3. The van der Waals surface area contributed by atoms with Gasteiger partial charge in [-0.3, -0.25) is 14.4 Å². The van der Waals surface area contributed by atoms with Crippen LogP contribution < -0.4 is 20.1 Å². The number of rotatable bonds is 27. The summed E-state index contributed by atoms with van der Waals surface area (Å²) >= 11 is 1.51. The normalized spacial score (nSPS) is 11.3. The maximum atomic E-state index is 12.7. The van der Waals surface area contributed by atoms with Crippen LogP contribution in [0.15, 0.2) is 42.5 Å². The molecule has 0 bridgehead atoms. The number of aryl methyl sites for hydroxylation is 1. The third-order valence-corrected chi connectivity index (χ3v) is 9.78. The highest BCUT2D eigenvalue weighted by Gasteiger charge is 2.29. The van der Waals surface area contributed by atoms with Gasteiger partial charge in [0.25, 0.3) is 0 Å². The summed E-state index contributed by atoms with van der Waals surface area (Å²) in [5.74, 6) is 1.37. The molecule has 0 unspecified atom stereocenters. The summed E-state index contributed by atoms with van der Waals surface area (Å²) in [5.41, 5.74) is 2.23. The average Bonchev–Trinajstić information content (AvgIpc) is 3.05. The fourth-order valence-corrected chi connectivity index (χ4v) is 6.62. The molecule has 48 heavy (non-hydrogen) atoms. The molecule has 0 aliphatic carbocycles. The molecular formula is C40H62N2O5S. The molecule has 7 nitrogen and oxygen atoms in total. The molecule has 0 radical (unpaired) electrons. The zero-order valence-corrected chi connectivity index (χ0v) is 31.2. The zero-order chi connectivity index (χ0) is 35.0. The van der Waals surface area contributed by atoms with Crippen LogP contribution in [-0.4, -0.2) is 41.8 Å². The molecule has 268 valence electrons. The summed E-state index contributed by atoms with van der Waals surface area (Å²) in [5, 5.41) is 5.65. The first-order valence-electron chi connectivity index (χ1n) is 18.3. The second kappa shape index (κ2) is 24.2. The molecule has 0 aliphatic heterocycles. The highest BCUT2D eigenvalue weighted by atomic mass is 32.2. The van der Waals surface area contributed by atoms with Gasteiger partial charge in [0.15, 0.2) is 5.78 Å². The van der Waals surface area contributed by atoms with Crippen LogP contribution in [0.3, 0.4) is 0 Å². The third kappa shape index (κ3) is 17.4. The van der Waals surface area contributed by atoms with Crippen LogP contribution in [0, 0.1) is 0 Å². The van der Waals surface area contributed by atoms with Gasteiger partial charge in [-0.25, -0.2) is 0 Å². The number of thioether (sulfide) groups is 1. The number of Topliss-reactive ketones (excluding diaryl/α,β-unsaturated/α-hetero) is 1. The van der Waals surface area contributed by atoms with Gasteiger partial charge >= 0.3 is 0 Å². The maximum Gasteiger partial charge on any atom is 0.231 e. The van der Waals surface area contributed by atoms with Gasteiger partial charge < -0.3 is 20.1 Å². The minimum atomic E-state index is -0.635. The number of unbranched alkanes of at least 4 members (excludes halogenated alkanes) is 12. The minimum absolute atomic E-state index is 0.140. The van der Waals surface area contributed by atoms with E-state index in [1.165, 1.54) is 108 Å². The number of amides is 2. The van der Waals surface area contributed by atoms with E-state index in [0.29, 0.717) is 36.6 Å². The smallest absolute Gasteiger partial charge is 0.231 e. The molecule has 2 rings (SSSR count). The molecule has 2 aromatic rings. The van der Waals surface area contributed by atoms with Crippen molar-refractivity contribution in [3.8, 4) is 11.5 Å². The van der Waals surface area contributed by atoms with Gasteiger partial charge in [0.1, 0.15) is 11.5 Å². The van der Waals surface area contributed by atoms with Gasteiger partial charge in [-0.05, 0) is 74.8 Å². The topological polar surface area (TPSA) is 93.7 Å². The van der Waals surface area contributed by atoms with E-state index in [-0.39, 0.29) is 18.1 Å². The maximum absolute atomic E-state index is 12.7. The molecule has 0 heterocycles. The van der Waals surface area contributed by atoms with Crippen LogP contribution in [0.5, 0.6) is 11.5 Å². The third-order valence-electron chi connectivity index (χ3n) is 8.54. The van der Waals surface area contributed by atoms with E-state index in [1.807, 2.05) is 32.9 Å². The van der Waals surface area contributed by atoms with Crippen LogP contribution in [0.4, 0.5) is 11.4 Å². The molecule has 2 amide bonds. The predicted octanol–water partition coefficient (Wildman–Crippen LogP) is 10.6. The van der Waals surface area contributed by atoms with Crippen LogP contribution in [0.1, 0.15) is 136 Å². The van der Waals surface area contributed by atoms with E-state index in [9.17, 15) is 14.4 Å². The Labute approximate surface area is 295 Å². The summed E-state index contributed by atoms with van der Waals surface area (Å²) < 4.78 is 10.7. The Bertz CT molecular complexity index is 1230. The van der Waals surface area contributed by atoms with Crippen molar-refractivity contribution in [1.82, 2.24) is 0 Å². The molecule has 8 heteroatoms. The number of carbonyl (C=O) groups is 3. The second-order valence-corrected chi connectivity index (χ2v) is 15.0. The van der Waals surface area contributed by atoms with Gasteiger partial charge in [-0.15, -0.1) is 11.8 Å². The second-order valence-electron chi connectivity index (χ2n) is 13.1. The molecule has 2 aromatic carbocycles. The zero-order valence-electron chi connectivity index (χ0n) is 30.4. The van der Waals surface area contributed by atoms with E-state index in [1.54, 1.807) is 18.2 Å². The van der Waals surface area contributed by atoms with E-state index < -0.39 is 10.7 Å². The Morgan fingerprint density at radius 1 is 0.750 bits per heavy atom. The van der Waals surface area contributed by atoms with Crippen LogP contribution in [0.25, 0.3) is 0 Å². The van der Waals surface area contributed by atoms with Crippen molar-refractivity contribution < 1.29 is 23.9 Å². The molecule has 0 aliphatic rings. The largest absolute Gasteiger partial charge is 0.495 e. The van der Waals surface area contributed by atoms with Crippen LogP contribution in [0.2, 0.25) is 0 Å². The Kier molecular flexibility index (Phi) is 20.7. The van der Waals surface area contributed by atoms with Crippen molar-refractivity contribution in [2.24, 2.45) is 0 Å². The highest BCUT2D eigenvalue weighted by Crippen LogP contribution is 2.30. The number of hydrogen-bond acceptors (Lipinski definition) is 6. The standard InChI is InChI=1S/C40H62N2O5S/c1-6-8-9-10-11-12-13-14-15-16-17-18-19-22-32-23-20-24-34(29-32)47-28-21-25-38(44)41-33-26-27-36(46-5)35(30-33)42-39(45)31-37(43)40(3,4)48-7-2/h20,23-24,26-27,29-30H,6-19,21-22,25,28,31H2,1-5H3,(H,41,44)(H,42,45). The van der Waals surface area contributed by atoms with Gasteiger partial charge in [0, 0.05) is 12.1 Å². The van der Waals surface area contributed by atoms with Crippen molar-refractivity contribution >= 4 is 40.7 Å². The highest BCUT2D eigenvalue weighted by molar-refractivity contribution is 8.01. The summed E-state index contributed by atoms with van der Waals surface area (Å²) in [7, 11) is 1.51. The Morgan fingerprint density at radius 3 is 2.02 bits per heavy atom. The van der Waals surface area contributed by atoms with Crippen LogP contribution in [-0.2, 0) is 20.8 Å². The van der Waals surface area contributed by atoms with Crippen molar-refractivity contribution in [2.45, 2.75) is 142 Å². The van der Waals surface area contributed by atoms with Gasteiger partial charge in [-0.2, -0.15) is 0 Å². The van der Waals surface area contributed by atoms with E-state index in [2.05, 4.69) is 29.7 Å². The lowest BCUT2D eigenvalue weighted by Gasteiger charge is -2.21. The Balaban J connectivity index is 1.65. The van der Waals surface area contributed by atoms with E-state index in [0.717, 1.165) is 17.9 Å². The fourth-order valence-electron chi connectivity index (χ4n) is 5.66. The monoisotopic (exact) mass is 682 g/mol. The number of benzene rings is 2. The fraction of sp³-hybridized carbons (Fsp3) is 0.625. The molecular weight excluding hydrogens is 621 g/mol. The quantitative estimate of drug-likeness (QED) is 0.0719. The van der Waals surface area contributed by atoms with Crippen molar-refractivity contribution in [1.29, 1.82) is 0 Å². The van der Waals surface area contributed by atoms with E-state index >= 15 is 0 Å². The number of anilines is 2. The number of hydrogen-bond donors (Lipinski definition) is 2. The number of nitrogens with one attached hydrogen (secondary N) is 2. The SMILES string of the molecule is CCCCCCCCCCCCCCCc1cccc(OCCCC(=O)Nc2ccc(OC)c(NC(=O)CC(=O)C(C)(C)SCC)c2)c1.